The fraction of sp³-hybridized carbons (Fsp3) is 0.636. The Balaban J connectivity index is 0.00000215. The molecule has 0 fully saturated rings. The Hall–Kier alpha value is -1.10. The molecule has 10 N–H and O–H groups in total. The average Bonchev–Trinajstić information content (AvgIpc) is 2.86. The Morgan fingerprint density at radius 3 is 0.756 bits per heavy atom. The number of benzene rings is 2. The molecule has 0 spiro atoms. The molecule has 0 saturated carbocycles. The van der Waals surface area contributed by atoms with Crippen molar-refractivity contribution >= 4 is 17.2 Å². The second kappa shape index (κ2) is 16.3. The SMILES string of the molecule is CC(C)(C)c1cccc(C(C)(C)C)c1C(O)(c1c(C(C)(C)C)cccc1C(C)(C)C)C(CO)(CO)CO.OP(O)O.OP(O)O. The summed E-state index contributed by atoms with van der Waals surface area (Å²) in [5, 5.41) is 46.3. The van der Waals surface area contributed by atoms with Crippen LogP contribution in [0.3, 0.4) is 0 Å². The lowest BCUT2D eigenvalue weighted by Gasteiger charge is -2.51. The molecule has 0 bridgehead atoms. The fourth-order valence-corrected chi connectivity index (χ4v) is 5.53. The van der Waals surface area contributed by atoms with Crippen LogP contribution in [-0.4, -0.2) is 69.6 Å². The summed E-state index contributed by atoms with van der Waals surface area (Å²) in [7, 11) is -5.24. The first kappa shape index (κ1) is 43.9. The van der Waals surface area contributed by atoms with Gasteiger partial charge >= 0.3 is 17.2 Å². The highest BCUT2D eigenvalue weighted by Gasteiger charge is 2.57. The molecule has 2 aromatic carbocycles. The highest BCUT2D eigenvalue weighted by atomic mass is 31.2. The first-order valence-electron chi connectivity index (χ1n) is 14.7. The van der Waals surface area contributed by atoms with Crippen LogP contribution < -0.4 is 0 Å². The van der Waals surface area contributed by atoms with E-state index >= 15 is 0 Å². The molecule has 260 valence electrons. The summed E-state index contributed by atoms with van der Waals surface area (Å²) < 4.78 is 0. The maximum Gasteiger partial charge on any atom is 0.324 e. The van der Waals surface area contributed by atoms with Crippen LogP contribution in [0.4, 0.5) is 0 Å². The molecule has 0 saturated heterocycles. The van der Waals surface area contributed by atoms with Crippen molar-refractivity contribution in [3.05, 3.63) is 69.8 Å². The van der Waals surface area contributed by atoms with Crippen molar-refractivity contribution in [3.63, 3.8) is 0 Å². The van der Waals surface area contributed by atoms with E-state index < -0.39 is 48.0 Å². The zero-order chi connectivity index (χ0) is 36.0. The third-order valence-corrected chi connectivity index (χ3v) is 7.76. The zero-order valence-electron chi connectivity index (χ0n) is 29.0. The Labute approximate surface area is 272 Å². The fourth-order valence-electron chi connectivity index (χ4n) is 5.53. The molecule has 2 rings (SSSR count). The summed E-state index contributed by atoms with van der Waals surface area (Å²) in [6, 6.07) is 12.2. The first-order valence-corrected chi connectivity index (χ1v) is 17.1. The second-order valence-corrected chi connectivity index (χ2v) is 16.5. The minimum atomic E-state index is -2.62. The van der Waals surface area contributed by atoms with Crippen LogP contribution in [0.2, 0.25) is 0 Å². The third kappa shape index (κ3) is 11.0. The van der Waals surface area contributed by atoms with Crippen molar-refractivity contribution in [2.75, 3.05) is 19.8 Å². The minimum Gasteiger partial charge on any atom is -0.395 e. The Morgan fingerprint density at radius 1 is 0.444 bits per heavy atom. The van der Waals surface area contributed by atoms with E-state index in [0.29, 0.717) is 11.1 Å². The van der Waals surface area contributed by atoms with Crippen LogP contribution in [-0.2, 0) is 27.3 Å². The molecule has 12 heteroatoms. The number of hydrogen-bond donors (Lipinski definition) is 10. The van der Waals surface area contributed by atoms with Gasteiger partial charge in [0.2, 0.25) is 0 Å². The third-order valence-electron chi connectivity index (χ3n) is 7.76. The van der Waals surface area contributed by atoms with E-state index in [4.69, 9.17) is 29.4 Å². The highest BCUT2D eigenvalue weighted by molar-refractivity contribution is 7.38. The van der Waals surface area contributed by atoms with E-state index in [1.807, 2.05) is 36.4 Å². The van der Waals surface area contributed by atoms with Gasteiger partial charge in [-0.15, -0.1) is 0 Å². The number of aliphatic hydroxyl groups is 4. The van der Waals surface area contributed by atoms with Gasteiger partial charge in [-0.3, -0.25) is 0 Å². The second-order valence-electron chi connectivity index (χ2n) is 15.5. The Kier molecular flexibility index (Phi) is 15.9. The molecule has 2 aromatic rings. The van der Waals surface area contributed by atoms with E-state index in [2.05, 4.69) is 83.1 Å². The summed E-state index contributed by atoms with van der Waals surface area (Å²) in [5.74, 6) is 0. The molecule has 0 aliphatic rings. The van der Waals surface area contributed by atoms with Crippen molar-refractivity contribution in [3.8, 4) is 0 Å². The van der Waals surface area contributed by atoms with Crippen LogP contribution in [0.1, 0.15) is 116 Å². The van der Waals surface area contributed by atoms with Crippen molar-refractivity contribution < 1.29 is 49.8 Å². The lowest BCUT2D eigenvalue weighted by molar-refractivity contribution is -0.138. The van der Waals surface area contributed by atoms with Crippen LogP contribution in [0, 0.1) is 5.41 Å². The van der Waals surface area contributed by atoms with E-state index in [-0.39, 0.29) is 21.7 Å². The van der Waals surface area contributed by atoms with Gasteiger partial charge in [-0.2, -0.15) is 0 Å². The van der Waals surface area contributed by atoms with Gasteiger partial charge in [-0.05, 0) is 55.0 Å². The number of hydrogen-bond acceptors (Lipinski definition) is 10. The van der Waals surface area contributed by atoms with Gasteiger partial charge in [0, 0.05) is 0 Å². The van der Waals surface area contributed by atoms with Crippen molar-refractivity contribution in [2.24, 2.45) is 5.41 Å². The van der Waals surface area contributed by atoms with Crippen molar-refractivity contribution in [1.82, 2.24) is 0 Å². The van der Waals surface area contributed by atoms with Gasteiger partial charge in [0.1, 0.15) is 5.60 Å². The van der Waals surface area contributed by atoms with E-state index in [0.717, 1.165) is 22.3 Å². The van der Waals surface area contributed by atoms with Gasteiger partial charge in [-0.1, -0.05) is 119 Å². The molecule has 0 heterocycles. The molecule has 0 aromatic heterocycles. The normalized spacial score (nSPS) is 13.3. The smallest absolute Gasteiger partial charge is 0.324 e. The molecule has 0 amide bonds. The molecular formula is C33H58O10P2. The van der Waals surface area contributed by atoms with Crippen LogP contribution in [0.25, 0.3) is 0 Å². The standard InChI is InChI=1S/C33H52O4.2H3O3P/c1-28(2,3)22-15-13-16-23(29(4,5)6)26(22)33(37,32(19-34,20-35)21-36)27-24(30(7,8)9)17-14-18-25(27)31(10,11)12;2*1-4(2)3/h13-18,34-37H,19-21H2,1-12H3;2*1-3H. The number of aliphatic hydroxyl groups excluding tert-OH is 3. The summed E-state index contributed by atoms with van der Waals surface area (Å²) in [6.07, 6.45) is 0. The molecule has 0 unspecified atom stereocenters. The molecule has 0 atom stereocenters. The monoisotopic (exact) mass is 676 g/mol. The molecular weight excluding hydrogens is 618 g/mol. The van der Waals surface area contributed by atoms with Gasteiger partial charge in [0.15, 0.2) is 0 Å². The van der Waals surface area contributed by atoms with E-state index in [1.54, 1.807) is 0 Å². The van der Waals surface area contributed by atoms with E-state index in [1.165, 1.54) is 0 Å². The molecule has 0 aliphatic carbocycles. The molecule has 45 heavy (non-hydrogen) atoms. The maximum atomic E-state index is 13.6. The molecule has 10 nitrogen and oxygen atoms in total. The van der Waals surface area contributed by atoms with Crippen molar-refractivity contribution in [1.29, 1.82) is 0 Å². The van der Waals surface area contributed by atoms with Crippen LogP contribution in [0.15, 0.2) is 36.4 Å². The molecule has 0 radical (unpaired) electrons. The van der Waals surface area contributed by atoms with Crippen LogP contribution in [0.5, 0.6) is 0 Å². The molecule has 0 aliphatic heterocycles. The maximum absolute atomic E-state index is 13.6. The summed E-state index contributed by atoms with van der Waals surface area (Å²) in [6.45, 7) is 23.5. The topological polar surface area (TPSA) is 202 Å². The number of rotatable bonds is 6. The van der Waals surface area contributed by atoms with Crippen LogP contribution >= 0.6 is 17.2 Å². The quantitative estimate of drug-likeness (QED) is 0.195. The lowest BCUT2D eigenvalue weighted by atomic mass is 9.56. The first-order chi connectivity index (χ1) is 20.1. The summed E-state index contributed by atoms with van der Waals surface area (Å²) in [5.41, 5.74) is -0.0221. The predicted octanol–water partition coefficient (Wildman–Crippen LogP) is 4.46. The van der Waals surface area contributed by atoms with Gasteiger partial charge in [-0.25, -0.2) is 0 Å². The summed E-state index contributed by atoms with van der Waals surface area (Å²) in [4.78, 5) is 43.4. The Bertz CT molecular complexity index is 1040. The zero-order valence-corrected chi connectivity index (χ0v) is 30.7. The highest BCUT2D eigenvalue weighted by Crippen LogP contribution is 2.55. The summed E-state index contributed by atoms with van der Waals surface area (Å²) >= 11 is 0. The van der Waals surface area contributed by atoms with Gasteiger partial charge in [0.05, 0.1) is 25.2 Å². The van der Waals surface area contributed by atoms with Crippen molar-refractivity contribution in [2.45, 2.75) is 110 Å². The largest absolute Gasteiger partial charge is 0.395 e. The lowest BCUT2D eigenvalue weighted by Crippen LogP contribution is -2.57. The van der Waals surface area contributed by atoms with Gasteiger partial charge < -0.3 is 49.8 Å². The van der Waals surface area contributed by atoms with E-state index in [9.17, 15) is 20.4 Å². The average molecular weight is 677 g/mol. The predicted molar refractivity (Wildman–Crippen MR) is 182 cm³/mol. The minimum absolute atomic E-state index is 0.366. The van der Waals surface area contributed by atoms with Gasteiger partial charge in [0.25, 0.3) is 0 Å². The Morgan fingerprint density at radius 2 is 0.622 bits per heavy atom.